The van der Waals surface area contributed by atoms with Crippen LogP contribution in [0, 0.1) is 6.07 Å². The van der Waals surface area contributed by atoms with Crippen molar-refractivity contribution in [1.29, 1.82) is 0 Å². The van der Waals surface area contributed by atoms with Crippen molar-refractivity contribution in [2.45, 2.75) is 4.90 Å². The number of hydrogen-bond acceptors (Lipinski definition) is 3. The Kier molecular flexibility index (Phi) is 1.91. The van der Waals surface area contributed by atoms with Crippen LogP contribution in [-0.2, 0) is 10.7 Å². The molecule has 0 spiro atoms. The molecule has 0 heterocycles. The predicted molar refractivity (Wildman–Crippen MR) is 35.5 cm³/mol. The molecule has 1 N–H and O–H groups in total. The summed E-state index contributed by atoms with van der Waals surface area (Å²) in [5.41, 5.74) is 0. The van der Waals surface area contributed by atoms with E-state index in [1.165, 1.54) is 18.2 Å². The van der Waals surface area contributed by atoms with Crippen LogP contribution in [0.1, 0.15) is 0 Å². The third-order valence-electron chi connectivity index (χ3n) is 1.02. The molecule has 0 aliphatic heterocycles. The molecule has 0 bridgehead atoms. The van der Waals surface area contributed by atoms with Crippen LogP contribution in [-0.4, -0.2) is 13.5 Å². The van der Waals surface area contributed by atoms with Crippen LogP contribution in [0.4, 0.5) is 0 Å². The van der Waals surface area contributed by atoms with E-state index in [0.29, 0.717) is 0 Å². The molecular formula is C6H5O3S. The lowest BCUT2D eigenvalue weighted by atomic mass is 10.3. The number of benzene rings is 1. The topological polar surface area (TPSA) is 54.4 Å². The third kappa shape index (κ3) is 1.27. The van der Waals surface area contributed by atoms with Gasteiger partial charge in [0.05, 0.1) is 0 Å². The summed E-state index contributed by atoms with van der Waals surface area (Å²) in [6, 6.07) is 6.47. The zero-order valence-corrected chi connectivity index (χ0v) is 5.84. The van der Waals surface area contributed by atoms with E-state index in [1.807, 2.05) is 0 Å². The Balaban J connectivity index is 3.28. The lowest BCUT2D eigenvalue weighted by molar-refractivity contribution is 0.460. The average molecular weight is 157 g/mol. The molecule has 53 valence electrons. The fourth-order valence-electron chi connectivity index (χ4n) is 0.568. The minimum Gasteiger partial charge on any atom is -0.507 e. The second kappa shape index (κ2) is 2.70. The first-order chi connectivity index (χ1) is 4.72. The Morgan fingerprint density at radius 1 is 1.50 bits per heavy atom. The molecule has 0 fully saturated rings. The molecule has 0 atom stereocenters. The third-order valence-corrected chi connectivity index (χ3v) is 1.79. The van der Waals surface area contributed by atoms with Crippen molar-refractivity contribution in [1.82, 2.24) is 0 Å². The fourth-order valence-corrected chi connectivity index (χ4v) is 1.02. The highest BCUT2D eigenvalue weighted by molar-refractivity contribution is 7.72. The van der Waals surface area contributed by atoms with Crippen molar-refractivity contribution in [3.63, 3.8) is 0 Å². The Morgan fingerprint density at radius 3 is 2.60 bits per heavy atom. The molecule has 0 amide bonds. The van der Waals surface area contributed by atoms with Gasteiger partial charge in [0.1, 0.15) is 10.6 Å². The molecule has 0 aliphatic rings. The van der Waals surface area contributed by atoms with Gasteiger partial charge in [-0.2, -0.15) is 0 Å². The van der Waals surface area contributed by atoms with E-state index in [2.05, 4.69) is 6.07 Å². The largest absolute Gasteiger partial charge is 0.507 e. The van der Waals surface area contributed by atoms with Gasteiger partial charge in [-0.05, 0) is 18.2 Å². The van der Waals surface area contributed by atoms with Gasteiger partial charge in [-0.3, -0.25) is 0 Å². The maximum absolute atomic E-state index is 10.3. The van der Waals surface area contributed by atoms with E-state index in [-0.39, 0.29) is 10.6 Å². The number of thiol groups is 1. The van der Waals surface area contributed by atoms with Crippen LogP contribution in [0.15, 0.2) is 23.1 Å². The number of aromatic hydroxyl groups is 1. The molecule has 0 unspecified atom stereocenters. The number of phenolic OH excluding ortho intramolecular Hbond substituents is 1. The highest BCUT2D eigenvalue weighted by Crippen LogP contribution is 2.15. The highest BCUT2D eigenvalue weighted by Gasteiger charge is 1.98. The quantitative estimate of drug-likeness (QED) is 0.571. The normalized spacial score (nSPS) is 10.1. The first-order valence-corrected chi connectivity index (χ1v) is 3.73. The van der Waals surface area contributed by atoms with Crippen LogP contribution in [0.3, 0.4) is 0 Å². The fraction of sp³-hybridized carbons (Fsp3) is 0. The summed E-state index contributed by atoms with van der Waals surface area (Å²) in [7, 11) is -2.69. The van der Waals surface area contributed by atoms with Crippen molar-refractivity contribution in [2.24, 2.45) is 0 Å². The molecule has 0 saturated heterocycles. The Labute approximate surface area is 59.9 Å². The smallest absolute Gasteiger partial charge is 0.171 e. The molecule has 0 aliphatic carbocycles. The van der Waals surface area contributed by atoms with Gasteiger partial charge in [0.15, 0.2) is 10.7 Å². The van der Waals surface area contributed by atoms with E-state index >= 15 is 0 Å². The van der Waals surface area contributed by atoms with Gasteiger partial charge in [0, 0.05) is 0 Å². The zero-order valence-electron chi connectivity index (χ0n) is 4.94. The Bertz CT molecular complexity index is 296. The maximum Gasteiger partial charge on any atom is 0.171 e. The summed E-state index contributed by atoms with van der Waals surface area (Å²) in [4.78, 5) is -0.0613. The second-order valence-electron chi connectivity index (χ2n) is 1.67. The van der Waals surface area contributed by atoms with Gasteiger partial charge in [-0.25, -0.2) is 8.42 Å². The predicted octanol–water partition coefficient (Wildman–Crippen LogP) is 0.163. The van der Waals surface area contributed by atoms with Crippen LogP contribution in [0.2, 0.25) is 0 Å². The van der Waals surface area contributed by atoms with Crippen molar-refractivity contribution >= 4 is 10.7 Å². The maximum atomic E-state index is 10.3. The van der Waals surface area contributed by atoms with E-state index in [9.17, 15) is 8.42 Å². The van der Waals surface area contributed by atoms with E-state index in [1.54, 1.807) is 0 Å². The second-order valence-corrected chi connectivity index (χ2v) is 2.67. The number of rotatable bonds is 1. The molecule has 1 rings (SSSR count). The first kappa shape index (κ1) is 7.08. The monoisotopic (exact) mass is 157 g/mol. The minimum atomic E-state index is -2.69. The van der Waals surface area contributed by atoms with Gasteiger partial charge in [-0.1, -0.05) is 6.07 Å². The summed E-state index contributed by atoms with van der Waals surface area (Å²) < 4.78 is 20.6. The number of hydrogen-bond donors (Lipinski definition) is 2. The molecule has 1 aromatic rings. The van der Waals surface area contributed by atoms with Crippen molar-refractivity contribution in [2.75, 3.05) is 0 Å². The summed E-state index contributed by atoms with van der Waals surface area (Å²) in [6.45, 7) is 0. The minimum absolute atomic E-state index is 0.0613. The molecule has 1 radical (unpaired) electrons. The summed E-state index contributed by atoms with van der Waals surface area (Å²) in [5.74, 6) is -0.251. The molecule has 10 heavy (non-hydrogen) atoms. The standard InChI is InChI=1S/C6H5O3S/c7-5-3-1-2-4-6(5)10(8)9/h2-4,7,10H. The van der Waals surface area contributed by atoms with Crippen LogP contribution >= 0.6 is 0 Å². The molecule has 0 saturated carbocycles. The molecule has 1 aromatic carbocycles. The van der Waals surface area contributed by atoms with E-state index in [0.717, 1.165) is 0 Å². The van der Waals surface area contributed by atoms with Crippen LogP contribution in [0.5, 0.6) is 5.75 Å². The average Bonchev–Trinajstić information content (AvgIpc) is 1.88. The van der Waals surface area contributed by atoms with Gasteiger partial charge < -0.3 is 5.11 Å². The lowest BCUT2D eigenvalue weighted by Crippen LogP contribution is -1.79. The van der Waals surface area contributed by atoms with Crippen molar-refractivity contribution in [3.8, 4) is 5.75 Å². The summed E-state index contributed by atoms with van der Waals surface area (Å²) in [5, 5.41) is 8.87. The summed E-state index contributed by atoms with van der Waals surface area (Å²) >= 11 is 0. The van der Waals surface area contributed by atoms with E-state index < -0.39 is 10.7 Å². The van der Waals surface area contributed by atoms with Gasteiger partial charge in [0.25, 0.3) is 0 Å². The molecule has 3 nitrogen and oxygen atoms in total. The number of phenols is 1. The van der Waals surface area contributed by atoms with Crippen molar-refractivity contribution < 1.29 is 13.5 Å². The molecule has 4 heteroatoms. The highest BCUT2D eigenvalue weighted by atomic mass is 32.2. The summed E-state index contributed by atoms with van der Waals surface area (Å²) in [6.07, 6.45) is 0. The van der Waals surface area contributed by atoms with Gasteiger partial charge in [-0.15, -0.1) is 0 Å². The molecular weight excluding hydrogens is 152 g/mol. The Morgan fingerprint density at radius 2 is 2.20 bits per heavy atom. The Hall–Kier alpha value is -1.03. The van der Waals surface area contributed by atoms with Crippen LogP contribution < -0.4 is 0 Å². The van der Waals surface area contributed by atoms with Crippen LogP contribution in [0.25, 0.3) is 0 Å². The zero-order chi connectivity index (χ0) is 7.56. The van der Waals surface area contributed by atoms with E-state index in [4.69, 9.17) is 5.11 Å². The lowest BCUT2D eigenvalue weighted by Gasteiger charge is -1.91. The van der Waals surface area contributed by atoms with Gasteiger partial charge >= 0.3 is 0 Å². The van der Waals surface area contributed by atoms with Crippen molar-refractivity contribution in [3.05, 3.63) is 24.3 Å². The first-order valence-electron chi connectivity index (χ1n) is 2.55. The SMILES string of the molecule is O=[SH](=O)c1cc[c]cc1O. The molecule has 0 aromatic heterocycles. The van der Waals surface area contributed by atoms with Gasteiger partial charge in [0.2, 0.25) is 0 Å².